The molecule has 246 valence electrons. The summed E-state index contributed by atoms with van der Waals surface area (Å²) in [7, 11) is 4.61. The molecule has 1 fully saturated rings. The van der Waals surface area contributed by atoms with Gasteiger partial charge >= 0.3 is 5.97 Å². The average Bonchev–Trinajstić information content (AvgIpc) is 3.43. The number of aliphatic hydroxyl groups excluding tert-OH is 5. The zero-order valence-electron chi connectivity index (χ0n) is 25.3. The molecule has 0 aliphatic carbocycles. The number of methoxy groups -OCH3 is 3. The van der Waals surface area contributed by atoms with E-state index in [0.29, 0.717) is 23.0 Å². The molecule has 13 heteroatoms. The predicted molar refractivity (Wildman–Crippen MR) is 159 cm³/mol. The Labute approximate surface area is 260 Å². The van der Waals surface area contributed by atoms with E-state index in [-0.39, 0.29) is 31.8 Å². The second-order valence-electron chi connectivity index (χ2n) is 10.5. The topological polar surface area (TPSA) is 183 Å². The Kier molecular flexibility index (Phi) is 11.8. The molecule has 4 rings (SSSR count). The molecule has 2 aliphatic rings. The van der Waals surface area contributed by atoms with Crippen LogP contribution in [0.25, 0.3) is 6.08 Å². The quantitative estimate of drug-likeness (QED) is 0.148. The third kappa shape index (κ3) is 7.59. The number of fused-ring (bicyclic) bond motifs is 1. The molecule has 7 unspecified atom stereocenters. The molecule has 2 aliphatic heterocycles. The molecule has 2 heterocycles. The van der Waals surface area contributed by atoms with Gasteiger partial charge in [-0.2, -0.15) is 0 Å². The lowest BCUT2D eigenvalue weighted by Crippen LogP contribution is -2.59. The average molecular weight is 633 g/mol. The van der Waals surface area contributed by atoms with E-state index < -0.39 is 55.3 Å². The number of hydrogen-bond acceptors (Lipinski definition) is 13. The standard InChI is InChI=1S/C32H40O13/c1-17(9-10-33)31(38)43-16-25-26(35)27(36)28(37)32(44-25)42-11-5-6-18-12-20-21(15-34)29(45-30(20)24(13-18)41-4)19-7-8-22(39-2)23(14-19)40-3/h5-8,12-14,21,25-29,32-37H,1,9-11,15-16H2,2-4H3. The Morgan fingerprint density at radius 2 is 1.69 bits per heavy atom. The van der Waals surface area contributed by atoms with Gasteiger partial charge < -0.3 is 58.7 Å². The Balaban J connectivity index is 1.43. The molecule has 0 bridgehead atoms. The van der Waals surface area contributed by atoms with Crippen molar-refractivity contribution >= 4 is 12.0 Å². The van der Waals surface area contributed by atoms with E-state index in [9.17, 15) is 25.2 Å². The molecule has 13 nitrogen and oxygen atoms in total. The van der Waals surface area contributed by atoms with Crippen molar-refractivity contribution < 1.29 is 63.5 Å². The van der Waals surface area contributed by atoms with Gasteiger partial charge in [-0.1, -0.05) is 24.8 Å². The molecule has 7 atom stereocenters. The Hall–Kier alpha value is -3.69. The van der Waals surface area contributed by atoms with E-state index in [0.717, 1.165) is 16.7 Å². The van der Waals surface area contributed by atoms with Crippen LogP contribution in [0.1, 0.15) is 35.1 Å². The summed E-state index contributed by atoms with van der Waals surface area (Å²) in [5.41, 5.74) is 2.30. The molecule has 45 heavy (non-hydrogen) atoms. The summed E-state index contributed by atoms with van der Waals surface area (Å²) in [6, 6.07) is 9.07. The lowest BCUT2D eigenvalue weighted by molar-refractivity contribution is -0.299. The normalized spacial score (nSPS) is 25.8. The van der Waals surface area contributed by atoms with Gasteiger partial charge in [-0.05, 0) is 35.4 Å². The highest BCUT2D eigenvalue weighted by Crippen LogP contribution is 2.51. The van der Waals surface area contributed by atoms with Gasteiger partial charge in [0.1, 0.15) is 37.1 Å². The van der Waals surface area contributed by atoms with Crippen LogP contribution in [0.2, 0.25) is 0 Å². The van der Waals surface area contributed by atoms with Crippen molar-refractivity contribution in [2.24, 2.45) is 0 Å². The minimum atomic E-state index is -1.62. The van der Waals surface area contributed by atoms with Crippen LogP contribution in [0, 0.1) is 0 Å². The largest absolute Gasteiger partial charge is 0.493 e. The summed E-state index contributed by atoms with van der Waals surface area (Å²) < 4.78 is 38.9. The molecule has 0 spiro atoms. The number of esters is 1. The monoisotopic (exact) mass is 632 g/mol. The van der Waals surface area contributed by atoms with Gasteiger partial charge in [-0.3, -0.25) is 0 Å². The second kappa shape index (κ2) is 15.5. The highest BCUT2D eigenvalue weighted by atomic mass is 16.7. The van der Waals surface area contributed by atoms with Crippen LogP contribution in [0.5, 0.6) is 23.0 Å². The van der Waals surface area contributed by atoms with Crippen molar-refractivity contribution in [2.45, 2.75) is 49.1 Å². The number of rotatable bonds is 14. The first-order chi connectivity index (χ1) is 21.7. The van der Waals surface area contributed by atoms with Crippen LogP contribution in [0.3, 0.4) is 0 Å². The second-order valence-corrected chi connectivity index (χ2v) is 10.5. The number of aliphatic hydroxyl groups is 5. The van der Waals surface area contributed by atoms with Crippen molar-refractivity contribution in [2.75, 3.05) is 47.8 Å². The maximum absolute atomic E-state index is 12.0. The minimum absolute atomic E-state index is 0.0224. The van der Waals surface area contributed by atoms with Crippen LogP contribution < -0.4 is 18.9 Å². The Bertz CT molecular complexity index is 1360. The van der Waals surface area contributed by atoms with Crippen molar-refractivity contribution in [1.29, 1.82) is 0 Å². The van der Waals surface area contributed by atoms with Crippen molar-refractivity contribution in [3.8, 4) is 23.0 Å². The number of ether oxygens (including phenoxy) is 7. The van der Waals surface area contributed by atoms with Gasteiger partial charge in [-0.25, -0.2) is 4.79 Å². The molecule has 1 saturated heterocycles. The van der Waals surface area contributed by atoms with Crippen LogP contribution in [-0.4, -0.2) is 110 Å². The first-order valence-corrected chi connectivity index (χ1v) is 14.3. The van der Waals surface area contributed by atoms with Crippen molar-refractivity contribution in [3.05, 3.63) is 65.3 Å². The van der Waals surface area contributed by atoms with E-state index >= 15 is 0 Å². The van der Waals surface area contributed by atoms with E-state index in [4.69, 9.17) is 38.3 Å². The number of hydrogen-bond donors (Lipinski definition) is 5. The summed E-state index contributed by atoms with van der Waals surface area (Å²) in [5.74, 6) is 0.907. The highest BCUT2D eigenvalue weighted by molar-refractivity contribution is 5.87. The van der Waals surface area contributed by atoms with Gasteiger partial charge in [0.25, 0.3) is 0 Å². The van der Waals surface area contributed by atoms with Crippen LogP contribution in [0.15, 0.2) is 48.6 Å². The SMILES string of the molecule is C=C(CCO)C(=O)OCC1OC(OCC=Cc2cc(OC)c3c(c2)C(CO)C(c2ccc(OC)c(OC)c2)O3)C(O)C(O)C1O. The van der Waals surface area contributed by atoms with E-state index in [1.54, 1.807) is 38.5 Å². The minimum Gasteiger partial charge on any atom is -0.493 e. The first kappa shape index (κ1) is 34.2. The molecule has 0 aromatic heterocycles. The number of carbonyl (C=O) groups excluding carboxylic acids is 1. The lowest BCUT2D eigenvalue weighted by Gasteiger charge is -2.39. The summed E-state index contributed by atoms with van der Waals surface area (Å²) >= 11 is 0. The summed E-state index contributed by atoms with van der Waals surface area (Å²) in [5, 5.41) is 50.3. The molecule has 0 saturated carbocycles. The lowest BCUT2D eigenvalue weighted by atomic mass is 9.90. The molecular weight excluding hydrogens is 592 g/mol. The molecule has 0 amide bonds. The smallest absolute Gasteiger partial charge is 0.333 e. The number of carbonyl (C=O) groups is 1. The predicted octanol–water partition coefficient (Wildman–Crippen LogP) is 1.24. The van der Waals surface area contributed by atoms with Gasteiger partial charge in [0.2, 0.25) is 0 Å². The van der Waals surface area contributed by atoms with Crippen LogP contribution in [-0.2, 0) is 19.0 Å². The van der Waals surface area contributed by atoms with E-state index in [1.807, 2.05) is 18.2 Å². The zero-order chi connectivity index (χ0) is 32.7. The summed E-state index contributed by atoms with van der Waals surface area (Å²) in [4.78, 5) is 12.0. The highest BCUT2D eigenvalue weighted by Gasteiger charge is 2.45. The maximum atomic E-state index is 12.0. The van der Waals surface area contributed by atoms with Crippen molar-refractivity contribution in [3.63, 3.8) is 0 Å². The fraction of sp³-hybridized carbons (Fsp3) is 0.469. The Morgan fingerprint density at radius 3 is 2.36 bits per heavy atom. The van der Waals surface area contributed by atoms with Gasteiger partial charge in [-0.15, -0.1) is 0 Å². The van der Waals surface area contributed by atoms with Crippen LogP contribution >= 0.6 is 0 Å². The first-order valence-electron chi connectivity index (χ1n) is 14.3. The molecule has 2 aromatic rings. The molecule has 5 N–H and O–H groups in total. The Morgan fingerprint density at radius 1 is 0.956 bits per heavy atom. The van der Waals surface area contributed by atoms with Crippen LogP contribution in [0.4, 0.5) is 0 Å². The van der Waals surface area contributed by atoms with Gasteiger partial charge in [0.05, 0.1) is 40.5 Å². The third-order valence-electron chi connectivity index (χ3n) is 7.68. The summed E-state index contributed by atoms with van der Waals surface area (Å²) in [6.07, 6.45) is -4.33. The van der Waals surface area contributed by atoms with Gasteiger partial charge in [0.15, 0.2) is 29.3 Å². The molecule has 0 radical (unpaired) electrons. The van der Waals surface area contributed by atoms with E-state index in [1.165, 1.54) is 7.11 Å². The fourth-order valence-corrected chi connectivity index (χ4v) is 5.22. The van der Waals surface area contributed by atoms with E-state index in [2.05, 4.69) is 6.58 Å². The molecule has 2 aromatic carbocycles. The summed E-state index contributed by atoms with van der Waals surface area (Å²) in [6.45, 7) is 2.56. The third-order valence-corrected chi connectivity index (χ3v) is 7.68. The molecular formula is C32H40O13. The van der Waals surface area contributed by atoms with Gasteiger partial charge in [0, 0.05) is 24.2 Å². The maximum Gasteiger partial charge on any atom is 0.333 e. The van der Waals surface area contributed by atoms with Crippen molar-refractivity contribution in [1.82, 2.24) is 0 Å². The zero-order valence-corrected chi connectivity index (χ0v) is 25.3. The fourth-order valence-electron chi connectivity index (χ4n) is 5.22. The number of benzene rings is 2.